The van der Waals surface area contributed by atoms with Crippen molar-refractivity contribution in [3.8, 4) is 11.4 Å². The van der Waals surface area contributed by atoms with Gasteiger partial charge in [-0.1, -0.05) is 0 Å². The summed E-state index contributed by atoms with van der Waals surface area (Å²) in [6.45, 7) is 2.02. The Balaban J connectivity index is 2.22. The predicted octanol–water partition coefficient (Wildman–Crippen LogP) is 1.97. The van der Waals surface area contributed by atoms with Crippen molar-refractivity contribution < 1.29 is 0 Å². The third kappa shape index (κ3) is 1.35. The number of thiophene rings is 1. The molecule has 3 aromatic heterocycles. The number of nitrogens with one attached hydrogen (secondary N) is 1. The number of rotatable bonds is 1. The Hall–Kier alpha value is -1.95. The van der Waals surface area contributed by atoms with Crippen molar-refractivity contribution in [1.29, 1.82) is 0 Å². The van der Waals surface area contributed by atoms with Crippen LogP contribution in [0.4, 0.5) is 5.00 Å². The quantitative estimate of drug-likeness (QED) is 0.671. The van der Waals surface area contributed by atoms with Crippen molar-refractivity contribution in [2.45, 2.75) is 6.92 Å². The van der Waals surface area contributed by atoms with Crippen LogP contribution in [0.15, 0.2) is 18.6 Å². The number of nitrogen functional groups attached to an aromatic ring is 1. The predicted molar refractivity (Wildman–Crippen MR) is 64.1 cm³/mol. The summed E-state index contributed by atoms with van der Waals surface area (Å²) < 4.78 is 0. The fraction of sp³-hybridized carbons (Fsp3) is 0.100. The first-order chi connectivity index (χ1) is 7.74. The maximum absolute atomic E-state index is 5.92. The maximum atomic E-state index is 5.92. The second-order valence-electron chi connectivity index (χ2n) is 3.48. The molecule has 3 N–H and O–H groups in total. The van der Waals surface area contributed by atoms with Crippen LogP contribution in [0.25, 0.3) is 22.6 Å². The minimum atomic E-state index is 0.660. The summed E-state index contributed by atoms with van der Waals surface area (Å²) in [5.74, 6) is 0.748. The van der Waals surface area contributed by atoms with E-state index in [1.165, 1.54) is 11.2 Å². The summed E-state index contributed by atoms with van der Waals surface area (Å²) >= 11 is 1.56. The summed E-state index contributed by atoms with van der Waals surface area (Å²) in [6, 6.07) is 2.02. The lowest BCUT2D eigenvalue weighted by Crippen LogP contribution is -1.84. The van der Waals surface area contributed by atoms with Gasteiger partial charge in [0.05, 0.1) is 16.8 Å². The standard InChI is InChI=1S/C10H9N5S/c1-5-2-6(8(11)16-5)9-14-7-3-12-4-13-10(7)15-9/h2-4H,11H2,1H3,(H,12,13,14,15). The van der Waals surface area contributed by atoms with Crippen LogP contribution in [0, 0.1) is 6.92 Å². The number of H-pyrrole nitrogens is 1. The number of aryl methyl sites for hydroxylation is 1. The second kappa shape index (κ2) is 3.28. The van der Waals surface area contributed by atoms with Gasteiger partial charge in [0.15, 0.2) is 5.65 Å². The fourth-order valence-corrected chi connectivity index (χ4v) is 2.40. The van der Waals surface area contributed by atoms with Gasteiger partial charge in [0, 0.05) is 4.88 Å². The number of nitrogens with zero attached hydrogens (tertiary/aromatic N) is 3. The third-order valence-corrected chi connectivity index (χ3v) is 3.18. The summed E-state index contributed by atoms with van der Waals surface area (Å²) in [6.07, 6.45) is 3.18. The molecule has 0 unspecified atom stereocenters. The molecule has 0 bridgehead atoms. The maximum Gasteiger partial charge on any atom is 0.181 e. The molecule has 0 aromatic carbocycles. The highest BCUT2D eigenvalue weighted by Gasteiger charge is 2.11. The Morgan fingerprint density at radius 2 is 2.31 bits per heavy atom. The van der Waals surface area contributed by atoms with Gasteiger partial charge in [-0.3, -0.25) is 0 Å². The number of fused-ring (bicyclic) bond motifs is 1. The topological polar surface area (TPSA) is 80.5 Å². The molecule has 80 valence electrons. The van der Waals surface area contributed by atoms with Crippen molar-refractivity contribution in [3.63, 3.8) is 0 Å². The molecule has 0 saturated heterocycles. The Morgan fingerprint density at radius 1 is 1.44 bits per heavy atom. The van der Waals surface area contributed by atoms with Crippen LogP contribution < -0.4 is 5.73 Å². The van der Waals surface area contributed by atoms with Crippen LogP contribution in [0.3, 0.4) is 0 Å². The summed E-state index contributed by atoms with van der Waals surface area (Å²) in [7, 11) is 0. The Labute approximate surface area is 95.4 Å². The number of imidazole rings is 1. The molecular formula is C10H9N5S. The number of anilines is 1. The van der Waals surface area contributed by atoms with E-state index in [2.05, 4.69) is 19.9 Å². The van der Waals surface area contributed by atoms with Crippen LogP contribution in [0.5, 0.6) is 0 Å². The van der Waals surface area contributed by atoms with Crippen LogP contribution >= 0.6 is 11.3 Å². The van der Waals surface area contributed by atoms with Crippen LogP contribution in [0.1, 0.15) is 4.88 Å². The van der Waals surface area contributed by atoms with Gasteiger partial charge in [-0.2, -0.15) is 0 Å². The zero-order chi connectivity index (χ0) is 11.1. The summed E-state index contributed by atoms with van der Waals surface area (Å²) in [4.78, 5) is 16.7. The summed E-state index contributed by atoms with van der Waals surface area (Å²) in [5, 5.41) is 0.768. The van der Waals surface area contributed by atoms with Crippen LogP contribution in [-0.4, -0.2) is 19.9 Å². The first kappa shape index (κ1) is 9.29. The Bertz CT molecular complexity index is 621. The molecule has 3 rings (SSSR count). The van der Waals surface area contributed by atoms with Gasteiger partial charge in [0.2, 0.25) is 0 Å². The molecule has 0 fully saturated rings. The lowest BCUT2D eigenvalue weighted by Gasteiger charge is -1.91. The van der Waals surface area contributed by atoms with Gasteiger partial charge in [0.25, 0.3) is 0 Å². The van der Waals surface area contributed by atoms with Gasteiger partial charge in [0.1, 0.15) is 17.7 Å². The molecule has 0 atom stereocenters. The van der Waals surface area contributed by atoms with E-state index < -0.39 is 0 Å². The number of aromatic amines is 1. The lowest BCUT2D eigenvalue weighted by molar-refractivity contribution is 1.20. The zero-order valence-electron chi connectivity index (χ0n) is 8.56. The van der Waals surface area contributed by atoms with Crippen LogP contribution in [0.2, 0.25) is 0 Å². The van der Waals surface area contributed by atoms with Gasteiger partial charge in [-0.15, -0.1) is 11.3 Å². The van der Waals surface area contributed by atoms with E-state index in [1.54, 1.807) is 17.5 Å². The Morgan fingerprint density at radius 3 is 3.00 bits per heavy atom. The Kier molecular flexibility index (Phi) is 1.90. The first-order valence-corrected chi connectivity index (χ1v) is 5.57. The SMILES string of the molecule is Cc1cc(-c2nc3ncncc3[nH]2)c(N)s1. The van der Waals surface area contributed by atoms with E-state index >= 15 is 0 Å². The molecule has 0 spiro atoms. The number of aromatic nitrogens is 4. The largest absolute Gasteiger partial charge is 0.390 e. The van der Waals surface area contributed by atoms with Crippen molar-refractivity contribution >= 4 is 27.5 Å². The number of hydrogen-bond acceptors (Lipinski definition) is 5. The monoisotopic (exact) mass is 231 g/mol. The summed E-state index contributed by atoms with van der Waals surface area (Å²) in [5.41, 5.74) is 8.33. The van der Waals surface area contributed by atoms with E-state index in [0.717, 1.165) is 21.9 Å². The van der Waals surface area contributed by atoms with Crippen molar-refractivity contribution in [3.05, 3.63) is 23.5 Å². The molecule has 0 aliphatic carbocycles. The normalized spacial score (nSPS) is 11.1. The lowest BCUT2D eigenvalue weighted by atomic mass is 10.3. The van der Waals surface area contributed by atoms with Gasteiger partial charge >= 0.3 is 0 Å². The van der Waals surface area contributed by atoms with E-state index in [0.29, 0.717) is 5.65 Å². The molecule has 3 aromatic rings. The minimum absolute atomic E-state index is 0.660. The molecule has 3 heterocycles. The number of hydrogen-bond donors (Lipinski definition) is 2. The molecule has 0 aliphatic heterocycles. The van der Waals surface area contributed by atoms with E-state index in [1.807, 2.05) is 13.0 Å². The van der Waals surface area contributed by atoms with Crippen molar-refractivity contribution in [2.75, 3.05) is 5.73 Å². The van der Waals surface area contributed by atoms with Crippen molar-refractivity contribution in [2.24, 2.45) is 0 Å². The van der Waals surface area contributed by atoms with Crippen LogP contribution in [-0.2, 0) is 0 Å². The molecule has 5 nitrogen and oxygen atoms in total. The average Bonchev–Trinajstić information content (AvgIpc) is 2.81. The average molecular weight is 231 g/mol. The molecule has 16 heavy (non-hydrogen) atoms. The second-order valence-corrected chi connectivity index (χ2v) is 4.77. The minimum Gasteiger partial charge on any atom is -0.390 e. The molecule has 0 radical (unpaired) electrons. The van der Waals surface area contributed by atoms with Crippen molar-refractivity contribution in [1.82, 2.24) is 19.9 Å². The molecular weight excluding hydrogens is 222 g/mol. The fourth-order valence-electron chi connectivity index (χ4n) is 1.61. The molecule has 0 amide bonds. The highest BCUT2D eigenvalue weighted by Crippen LogP contribution is 2.32. The van der Waals surface area contributed by atoms with Gasteiger partial charge < -0.3 is 10.7 Å². The molecule has 0 aliphatic rings. The smallest absolute Gasteiger partial charge is 0.181 e. The zero-order valence-corrected chi connectivity index (χ0v) is 9.38. The van der Waals surface area contributed by atoms with E-state index in [9.17, 15) is 0 Å². The molecule has 6 heteroatoms. The molecule has 0 saturated carbocycles. The van der Waals surface area contributed by atoms with Gasteiger partial charge in [-0.25, -0.2) is 15.0 Å². The van der Waals surface area contributed by atoms with E-state index in [4.69, 9.17) is 5.73 Å². The third-order valence-electron chi connectivity index (χ3n) is 2.30. The number of nitrogens with two attached hydrogens (primary N) is 1. The first-order valence-electron chi connectivity index (χ1n) is 4.76. The van der Waals surface area contributed by atoms with Gasteiger partial charge in [-0.05, 0) is 13.0 Å². The van der Waals surface area contributed by atoms with E-state index in [-0.39, 0.29) is 0 Å². The highest BCUT2D eigenvalue weighted by atomic mass is 32.1. The highest BCUT2D eigenvalue weighted by molar-refractivity contribution is 7.16.